The second-order valence-electron chi connectivity index (χ2n) is 23.5. The molecule has 1 atom stereocenters. The normalized spacial score (nSPS) is 12.2. The molecular weight excluding hydrogens is 949 g/mol. The van der Waals surface area contributed by atoms with E-state index in [1.54, 1.807) is 0 Å². The van der Waals surface area contributed by atoms with E-state index in [-0.39, 0.29) is 31.1 Å². The van der Waals surface area contributed by atoms with E-state index >= 15 is 0 Å². The van der Waals surface area contributed by atoms with Crippen LogP contribution in [0.5, 0.6) is 0 Å². The monoisotopic (exact) mass is 1080 g/mol. The van der Waals surface area contributed by atoms with E-state index in [4.69, 9.17) is 14.2 Å². The summed E-state index contributed by atoms with van der Waals surface area (Å²) >= 11 is 0. The van der Waals surface area contributed by atoms with Crippen LogP contribution in [0, 0.1) is 0 Å². The third kappa shape index (κ3) is 64.3. The molecule has 0 aliphatic heterocycles. The van der Waals surface area contributed by atoms with E-state index in [2.05, 4.69) is 57.2 Å². The molecule has 0 bridgehead atoms. The fourth-order valence-corrected chi connectivity index (χ4v) is 10.5. The lowest BCUT2D eigenvalue weighted by Crippen LogP contribution is -2.30. The fourth-order valence-electron chi connectivity index (χ4n) is 10.5. The first-order valence-corrected chi connectivity index (χ1v) is 34.5. The topological polar surface area (TPSA) is 78.9 Å². The van der Waals surface area contributed by atoms with Gasteiger partial charge in [-0.2, -0.15) is 0 Å². The van der Waals surface area contributed by atoms with E-state index in [1.165, 1.54) is 270 Å². The highest BCUT2D eigenvalue weighted by Crippen LogP contribution is 2.18. The van der Waals surface area contributed by atoms with Crippen molar-refractivity contribution in [3.8, 4) is 0 Å². The molecule has 0 fully saturated rings. The number of hydrogen-bond acceptors (Lipinski definition) is 6. The van der Waals surface area contributed by atoms with Crippen LogP contribution in [-0.2, 0) is 28.6 Å². The maximum atomic E-state index is 12.9. The molecule has 6 nitrogen and oxygen atoms in total. The zero-order valence-electron chi connectivity index (χ0n) is 52.0. The lowest BCUT2D eigenvalue weighted by molar-refractivity contribution is -0.167. The van der Waals surface area contributed by atoms with Gasteiger partial charge in [-0.05, 0) is 57.8 Å². The van der Waals surface area contributed by atoms with Crippen LogP contribution >= 0.6 is 0 Å². The van der Waals surface area contributed by atoms with Crippen molar-refractivity contribution >= 4 is 17.9 Å². The summed E-state index contributed by atoms with van der Waals surface area (Å²) in [5, 5.41) is 0. The average Bonchev–Trinajstić information content (AvgIpc) is 3.43. The van der Waals surface area contributed by atoms with Crippen LogP contribution < -0.4 is 0 Å². The molecule has 0 saturated carbocycles. The molecule has 0 aromatic carbocycles. The van der Waals surface area contributed by atoms with Crippen LogP contribution in [0.25, 0.3) is 0 Å². The van der Waals surface area contributed by atoms with Gasteiger partial charge in [-0.3, -0.25) is 14.4 Å². The van der Waals surface area contributed by atoms with Crippen molar-refractivity contribution in [2.75, 3.05) is 13.2 Å². The van der Waals surface area contributed by atoms with Gasteiger partial charge in [-0.15, -0.1) is 0 Å². The molecule has 0 aliphatic carbocycles. The lowest BCUT2D eigenvalue weighted by Gasteiger charge is -2.18. The third-order valence-corrected chi connectivity index (χ3v) is 15.6. The summed E-state index contributed by atoms with van der Waals surface area (Å²) in [5.41, 5.74) is 0. The molecule has 0 aromatic rings. The van der Waals surface area contributed by atoms with Crippen molar-refractivity contribution in [3.63, 3.8) is 0 Å². The van der Waals surface area contributed by atoms with Gasteiger partial charge in [-0.25, -0.2) is 0 Å². The summed E-state index contributed by atoms with van der Waals surface area (Å²) in [6.45, 7) is 6.68. The van der Waals surface area contributed by atoms with E-state index in [0.29, 0.717) is 19.3 Å². The summed E-state index contributed by atoms with van der Waals surface area (Å²) in [4.78, 5) is 38.3. The maximum absolute atomic E-state index is 12.9. The highest BCUT2D eigenvalue weighted by Gasteiger charge is 2.19. The van der Waals surface area contributed by atoms with Crippen LogP contribution in [0.1, 0.15) is 380 Å². The van der Waals surface area contributed by atoms with Crippen LogP contribution in [0.4, 0.5) is 0 Å². The molecule has 0 saturated heterocycles. The van der Waals surface area contributed by atoms with Gasteiger partial charge in [0.1, 0.15) is 13.2 Å². The largest absolute Gasteiger partial charge is 0.462 e. The molecule has 0 radical (unpaired) electrons. The summed E-state index contributed by atoms with van der Waals surface area (Å²) in [6.07, 6.45) is 81.8. The van der Waals surface area contributed by atoms with Gasteiger partial charge in [0.25, 0.3) is 0 Å². The molecular formula is C71H132O6. The van der Waals surface area contributed by atoms with Crippen molar-refractivity contribution in [2.24, 2.45) is 0 Å². The van der Waals surface area contributed by atoms with Crippen molar-refractivity contribution in [2.45, 2.75) is 386 Å². The summed E-state index contributed by atoms with van der Waals surface area (Å²) in [5.74, 6) is -0.840. The van der Waals surface area contributed by atoms with Gasteiger partial charge in [-0.1, -0.05) is 340 Å². The average molecular weight is 1080 g/mol. The predicted molar refractivity (Wildman–Crippen MR) is 335 cm³/mol. The second-order valence-corrected chi connectivity index (χ2v) is 23.5. The highest BCUT2D eigenvalue weighted by molar-refractivity contribution is 5.71. The van der Waals surface area contributed by atoms with Crippen molar-refractivity contribution in [3.05, 3.63) is 36.5 Å². The first kappa shape index (κ1) is 74.6. The Bertz CT molecular complexity index is 1290. The smallest absolute Gasteiger partial charge is 0.306 e. The van der Waals surface area contributed by atoms with E-state index in [1.807, 2.05) is 0 Å². The number of carbonyl (C=O) groups is 3. The Kier molecular flexibility index (Phi) is 64.1. The zero-order chi connectivity index (χ0) is 55.7. The van der Waals surface area contributed by atoms with Crippen LogP contribution in [0.15, 0.2) is 36.5 Å². The number of unbranched alkanes of at least 4 members (excludes halogenated alkanes) is 47. The van der Waals surface area contributed by atoms with Crippen molar-refractivity contribution in [1.29, 1.82) is 0 Å². The van der Waals surface area contributed by atoms with E-state index in [0.717, 1.165) is 70.6 Å². The molecule has 0 rings (SSSR count). The number of rotatable bonds is 64. The molecule has 0 aromatic heterocycles. The fraction of sp³-hybridized carbons (Fsp3) is 0.873. The number of allylic oxidation sites excluding steroid dienone is 6. The van der Waals surface area contributed by atoms with Crippen molar-refractivity contribution in [1.82, 2.24) is 0 Å². The maximum Gasteiger partial charge on any atom is 0.306 e. The van der Waals surface area contributed by atoms with Gasteiger partial charge >= 0.3 is 17.9 Å². The molecule has 0 amide bonds. The van der Waals surface area contributed by atoms with Crippen molar-refractivity contribution < 1.29 is 28.6 Å². The molecule has 0 spiro atoms. The zero-order valence-corrected chi connectivity index (χ0v) is 52.0. The number of esters is 3. The van der Waals surface area contributed by atoms with E-state index in [9.17, 15) is 14.4 Å². The SMILES string of the molecule is CCCCCCC/C=C\C/C=C\C/C=C\CCCCCCCCCCCCCCCCC(=O)OCC(COC(=O)CCCCCCCCCCCC)OC(=O)CCCCCCCCCCCCCCCCCCCCCC. The lowest BCUT2D eigenvalue weighted by atomic mass is 10.0. The minimum Gasteiger partial charge on any atom is -0.462 e. The molecule has 0 heterocycles. The number of ether oxygens (including phenoxy) is 3. The Morgan fingerprint density at radius 3 is 0.727 bits per heavy atom. The predicted octanol–water partition coefficient (Wildman–Crippen LogP) is 23.6. The minimum absolute atomic E-state index is 0.0658. The molecule has 0 N–H and O–H groups in total. The molecule has 6 heteroatoms. The number of hydrogen-bond donors (Lipinski definition) is 0. The summed E-state index contributed by atoms with van der Waals surface area (Å²) in [7, 11) is 0. The van der Waals surface area contributed by atoms with Gasteiger partial charge in [0.2, 0.25) is 0 Å². The molecule has 77 heavy (non-hydrogen) atoms. The Balaban J connectivity index is 4.13. The quantitative estimate of drug-likeness (QED) is 0.0261. The Labute approximate surface area is 480 Å². The van der Waals surface area contributed by atoms with Gasteiger partial charge in [0.15, 0.2) is 6.10 Å². The molecule has 452 valence electrons. The standard InChI is InChI=1S/C71H132O6/c1-4-7-10-13-16-19-22-24-26-28-30-32-33-34-35-36-37-38-39-40-42-43-45-47-49-52-55-58-61-64-70(73)76-67-68(66-75-69(72)63-60-57-54-51-21-18-15-12-9-6-3)77-71(74)65-62-59-56-53-50-48-46-44-41-31-29-27-25-23-20-17-14-11-8-5-2/h22,24,28,30,33-34,68H,4-21,23,25-27,29,31-32,35-67H2,1-3H3/b24-22-,30-28-,34-33-. The van der Waals surface area contributed by atoms with Crippen LogP contribution in [-0.4, -0.2) is 37.2 Å². The Hall–Kier alpha value is -2.37. The Morgan fingerprint density at radius 1 is 0.260 bits per heavy atom. The van der Waals surface area contributed by atoms with Crippen LogP contribution in [0.2, 0.25) is 0 Å². The van der Waals surface area contributed by atoms with Gasteiger partial charge in [0.05, 0.1) is 0 Å². The highest BCUT2D eigenvalue weighted by atomic mass is 16.6. The first-order chi connectivity index (χ1) is 38.0. The summed E-state index contributed by atoms with van der Waals surface area (Å²) < 4.78 is 16.9. The van der Waals surface area contributed by atoms with Crippen LogP contribution in [0.3, 0.4) is 0 Å². The second kappa shape index (κ2) is 66.1. The number of carbonyl (C=O) groups excluding carboxylic acids is 3. The van der Waals surface area contributed by atoms with Gasteiger partial charge < -0.3 is 14.2 Å². The minimum atomic E-state index is -0.767. The van der Waals surface area contributed by atoms with E-state index < -0.39 is 6.10 Å². The molecule has 0 aliphatic rings. The summed E-state index contributed by atoms with van der Waals surface area (Å²) in [6, 6.07) is 0. The first-order valence-electron chi connectivity index (χ1n) is 34.5. The molecule has 1 unspecified atom stereocenters. The Morgan fingerprint density at radius 2 is 0.468 bits per heavy atom. The van der Waals surface area contributed by atoms with Gasteiger partial charge in [0, 0.05) is 19.3 Å². The third-order valence-electron chi connectivity index (χ3n) is 15.6.